The number of sulfonamides is 1. The largest absolute Gasteiger partial charge is 0.289 e. The highest BCUT2D eigenvalue weighted by Crippen LogP contribution is 2.27. The first-order chi connectivity index (χ1) is 9.19. The van der Waals surface area contributed by atoms with Gasteiger partial charge in [-0.25, -0.2) is 8.42 Å². The van der Waals surface area contributed by atoms with Crippen LogP contribution in [-0.4, -0.2) is 19.4 Å². The van der Waals surface area contributed by atoms with Crippen LogP contribution < -0.4 is 4.72 Å². The Morgan fingerprint density at radius 1 is 1.45 bits per heavy atom. The van der Waals surface area contributed by atoms with Gasteiger partial charge in [-0.2, -0.15) is 9.98 Å². The molecule has 1 atom stereocenters. The average molecular weight is 318 g/mol. The molecule has 9 heteroatoms. The van der Waals surface area contributed by atoms with Crippen LogP contribution in [0.15, 0.2) is 23.1 Å². The number of nitro benzene ring substituents is 1. The lowest BCUT2D eigenvalue weighted by Crippen LogP contribution is -2.37. The van der Waals surface area contributed by atoms with Crippen molar-refractivity contribution in [3.63, 3.8) is 0 Å². The van der Waals surface area contributed by atoms with Crippen molar-refractivity contribution in [2.24, 2.45) is 5.92 Å². The van der Waals surface area contributed by atoms with E-state index in [1.807, 2.05) is 6.07 Å². The van der Waals surface area contributed by atoms with E-state index in [1.165, 1.54) is 0 Å². The van der Waals surface area contributed by atoms with Crippen LogP contribution in [0.1, 0.15) is 13.8 Å². The van der Waals surface area contributed by atoms with Crippen molar-refractivity contribution < 1.29 is 13.3 Å². The van der Waals surface area contributed by atoms with E-state index >= 15 is 0 Å². The van der Waals surface area contributed by atoms with Crippen molar-refractivity contribution in [2.75, 3.05) is 0 Å². The number of nitrogens with one attached hydrogen (secondary N) is 1. The van der Waals surface area contributed by atoms with Crippen molar-refractivity contribution >= 4 is 27.3 Å². The number of benzene rings is 1. The van der Waals surface area contributed by atoms with Gasteiger partial charge in [0.15, 0.2) is 0 Å². The first-order valence-corrected chi connectivity index (χ1v) is 7.41. The van der Waals surface area contributed by atoms with E-state index in [0.717, 1.165) is 18.2 Å². The molecule has 0 bridgehead atoms. The summed E-state index contributed by atoms with van der Waals surface area (Å²) in [7, 11) is -4.02. The van der Waals surface area contributed by atoms with Crippen LogP contribution in [0.4, 0.5) is 5.69 Å². The summed E-state index contributed by atoms with van der Waals surface area (Å²) < 4.78 is 26.3. The smallest absolute Gasteiger partial charge is 0.258 e. The number of nitro groups is 1. The van der Waals surface area contributed by atoms with Crippen LogP contribution >= 0.6 is 11.6 Å². The number of hydrogen-bond acceptors (Lipinski definition) is 5. The molecular formula is C11H12ClN3O4S. The molecule has 0 aliphatic heterocycles. The van der Waals surface area contributed by atoms with Gasteiger partial charge in [-0.15, -0.1) is 0 Å². The fraction of sp³-hybridized carbons (Fsp3) is 0.364. The first kappa shape index (κ1) is 16.4. The summed E-state index contributed by atoms with van der Waals surface area (Å²) in [5.41, 5.74) is -0.507. The monoisotopic (exact) mass is 317 g/mol. The van der Waals surface area contributed by atoms with Crippen molar-refractivity contribution in [3.05, 3.63) is 33.3 Å². The van der Waals surface area contributed by atoms with Gasteiger partial charge < -0.3 is 0 Å². The minimum Gasteiger partial charge on any atom is -0.258 e. The van der Waals surface area contributed by atoms with Crippen LogP contribution in [0.2, 0.25) is 5.02 Å². The Hall–Kier alpha value is -1.69. The second-order valence-corrected chi connectivity index (χ2v) is 6.46. The molecule has 0 saturated carbocycles. The highest BCUT2D eigenvalue weighted by molar-refractivity contribution is 7.89. The standard InChI is InChI=1S/C11H12ClN3O4S/c1-7(2)10(6-13)14-20(18,19)8-3-4-9(12)11(5-8)15(16)17/h3-5,7,10,14H,1-2H3. The third kappa shape index (κ3) is 3.66. The Kier molecular flexibility index (Phi) is 5.05. The molecule has 1 aromatic rings. The summed E-state index contributed by atoms with van der Waals surface area (Å²) in [6, 6.07) is 4.04. The molecule has 0 fully saturated rings. The third-order valence-electron chi connectivity index (χ3n) is 2.51. The summed E-state index contributed by atoms with van der Waals surface area (Å²) in [6.45, 7) is 3.36. The molecule has 20 heavy (non-hydrogen) atoms. The molecule has 0 heterocycles. The van der Waals surface area contributed by atoms with Gasteiger partial charge in [0.25, 0.3) is 5.69 Å². The van der Waals surface area contributed by atoms with Gasteiger partial charge in [0.2, 0.25) is 10.0 Å². The van der Waals surface area contributed by atoms with E-state index in [0.29, 0.717) is 0 Å². The van der Waals surface area contributed by atoms with Crippen LogP contribution in [0.25, 0.3) is 0 Å². The third-order valence-corrected chi connectivity index (χ3v) is 4.27. The number of nitriles is 1. The zero-order valence-electron chi connectivity index (χ0n) is 10.7. The van der Waals surface area contributed by atoms with Gasteiger partial charge in [-0.05, 0) is 18.1 Å². The SMILES string of the molecule is CC(C)C(C#N)NS(=O)(=O)c1ccc(Cl)c([N+](=O)[O-])c1. The molecule has 1 aromatic carbocycles. The summed E-state index contributed by atoms with van der Waals surface area (Å²) >= 11 is 5.62. The molecule has 1 unspecified atom stereocenters. The Bertz CT molecular complexity index is 667. The Morgan fingerprint density at radius 3 is 2.50 bits per heavy atom. The van der Waals surface area contributed by atoms with Gasteiger partial charge >= 0.3 is 0 Å². The summed E-state index contributed by atoms with van der Waals surface area (Å²) in [4.78, 5) is 9.66. The Balaban J connectivity index is 3.20. The molecule has 0 aliphatic rings. The van der Waals surface area contributed by atoms with Gasteiger partial charge in [0.05, 0.1) is 15.9 Å². The van der Waals surface area contributed by atoms with Gasteiger partial charge in [0.1, 0.15) is 11.1 Å². The summed E-state index contributed by atoms with van der Waals surface area (Å²) in [5, 5.41) is 19.5. The predicted molar refractivity (Wildman–Crippen MR) is 72.7 cm³/mol. The molecule has 1 N–H and O–H groups in total. The molecule has 108 valence electrons. The first-order valence-electron chi connectivity index (χ1n) is 5.55. The van der Waals surface area contributed by atoms with Crippen molar-refractivity contribution in [2.45, 2.75) is 24.8 Å². The second-order valence-electron chi connectivity index (χ2n) is 4.34. The van der Waals surface area contributed by atoms with Crippen LogP contribution in [0.3, 0.4) is 0 Å². The highest BCUT2D eigenvalue weighted by atomic mass is 35.5. The molecule has 0 saturated heterocycles. The van der Waals surface area contributed by atoms with Crippen molar-refractivity contribution in [3.8, 4) is 6.07 Å². The molecule has 0 aromatic heterocycles. The van der Waals surface area contributed by atoms with E-state index in [4.69, 9.17) is 16.9 Å². The quantitative estimate of drug-likeness (QED) is 0.659. The molecule has 0 aliphatic carbocycles. The molecule has 0 amide bonds. The van der Waals surface area contributed by atoms with Gasteiger partial charge in [-0.3, -0.25) is 10.1 Å². The number of hydrogen-bond donors (Lipinski definition) is 1. The topological polar surface area (TPSA) is 113 Å². The molecular weight excluding hydrogens is 306 g/mol. The summed E-state index contributed by atoms with van der Waals surface area (Å²) in [5.74, 6) is -0.239. The highest BCUT2D eigenvalue weighted by Gasteiger charge is 2.25. The van der Waals surface area contributed by atoms with Crippen LogP contribution in [0, 0.1) is 27.4 Å². The minimum atomic E-state index is -4.02. The number of halogens is 1. The maximum absolute atomic E-state index is 12.1. The maximum atomic E-state index is 12.1. The fourth-order valence-corrected chi connectivity index (χ4v) is 2.84. The Labute approximate surface area is 121 Å². The van der Waals surface area contributed by atoms with Gasteiger partial charge in [-0.1, -0.05) is 25.4 Å². The molecule has 0 radical (unpaired) electrons. The second kappa shape index (κ2) is 6.17. The van der Waals surface area contributed by atoms with E-state index in [1.54, 1.807) is 13.8 Å². The number of nitrogens with zero attached hydrogens (tertiary/aromatic N) is 2. The minimum absolute atomic E-state index is 0.158. The van der Waals surface area contributed by atoms with Crippen molar-refractivity contribution in [1.82, 2.24) is 4.72 Å². The zero-order valence-corrected chi connectivity index (χ0v) is 12.3. The lowest BCUT2D eigenvalue weighted by atomic mass is 10.1. The lowest BCUT2D eigenvalue weighted by Gasteiger charge is -2.15. The number of rotatable bonds is 5. The Morgan fingerprint density at radius 2 is 2.05 bits per heavy atom. The average Bonchev–Trinajstić information content (AvgIpc) is 2.35. The fourth-order valence-electron chi connectivity index (χ4n) is 1.35. The van der Waals surface area contributed by atoms with Crippen molar-refractivity contribution in [1.29, 1.82) is 5.26 Å². The lowest BCUT2D eigenvalue weighted by molar-refractivity contribution is -0.384. The van der Waals surface area contributed by atoms with E-state index in [-0.39, 0.29) is 15.8 Å². The van der Waals surface area contributed by atoms with E-state index in [9.17, 15) is 18.5 Å². The summed E-state index contributed by atoms with van der Waals surface area (Å²) in [6.07, 6.45) is 0. The van der Waals surface area contributed by atoms with Crippen LogP contribution in [-0.2, 0) is 10.0 Å². The zero-order chi connectivity index (χ0) is 15.5. The molecule has 0 spiro atoms. The van der Waals surface area contributed by atoms with E-state index in [2.05, 4.69) is 4.72 Å². The molecule has 1 rings (SSSR count). The van der Waals surface area contributed by atoms with Gasteiger partial charge in [0, 0.05) is 6.07 Å². The van der Waals surface area contributed by atoms with Crippen LogP contribution in [0.5, 0.6) is 0 Å². The maximum Gasteiger partial charge on any atom is 0.289 e. The molecule has 7 nitrogen and oxygen atoms in total. The predicted octanol–water partition coefficient (Wildman–Crippen LogP) is 2.07. The normalized spacial score (nSPS) is 12.9. The van der Waals surface area contributed by atoms with E-state index < -0.39 is 26.7 Å².